The monoisotopic (exact) mass is 1450 g/mol. The topological polar surface area (TPSA) is 116 Å². The van der Waals surface area contributed by atoms with E-state index in [-0.39, 0.29) is 19.5 Å². The van der Waals surface area contributed by atoms with Crippen LogP contribution < -0.4 is 38.1 Å². The van der Waals surface area contributed by atoms with Crippen LogP contribution in [0.4, 0.5) is 0 Å². The molecule has 5 aliphatic rings. The molecular formula is C98H56B2N14. The molecule has 1 N–H and O–H groups in total. The highest BCUT2D eigenvalue weighted by atomic mass is 15.2. The van der Waals surface area contributed by atoms with Crippen LogP contribution in [0.1, 0.15) is 11.6 Å². The smallest absolute Gasteiger partial charge is 0.252 e. The average molecular weight is 1450 g/mol. The molecule has 1 atom stereocenters. The van der Waals surface area contributed by atoms with Gasteiger partial charge < -0.3 is 5.32 Å². The normalized spacial score (nSPS) is 14.2. The zero-order valence-corrected chi connectivity index (χ0v) is 60.7. The van der Waals surface area contributed by atoms with Gasteiger partial charge in [0.2, 0.25) is 0 Å². The Labute approximate surface area is 648 Å². The summed E-state index contributed by atoms with van der Waals surface area (Å²) in [4.78, 5) is 26.6. The maximum atomic E-state index is 5.72. The molecule has 0 aliphatic carbocycles. The first kappa shape index (κ1) is 59.6. The van der Waals surface area contributed by atoms with E-state index in [2.05, 4.69) is 339 Å². The van der Waals surface area contributed by atoms with E-state index in [1.807, 2.05) is 30.9 Å². The fourth-order valence-electron chi connectivity index (χ4n) is 21.5. The fraction of sp³-hybridized carbons (Fsp3) is 0.0102. The number of hydrogen-bond acceptors (Lipinski definition) is 6. The minimum absolute atomic E-state index is 0.0971. The SMILES string of the molecule is C1=CNC(c2cc3c4c(c2)-n2c5c(cccc5c5c6ncccc6n(-c6cccc(-c7cnc8c(c7)c7c9cccc%10c9n(c7n8-c7ccccc7)-c7cc(-c8ccccn8)cc8c7B%10c7cccc9c%10c%11cccnc%11n(-c%11ccccc%11)c%10n-8c79)c6)c52)B4c2cccc4c5c6ncccc6n(-c6ccccc6)c5n-3c24)C=C1. The van der Waals surface area contributed by atoms with E-state index in [0.717, 1.165) is 156 Å². The number of pyridine rings is 5. The number of allylic oxidation sites excluding steroid dienone is 2. The van der Waals surface area contributed by atoms with Crippen LogP contribution in [-0.2, 0) is 0 Å². The number of rotatable bonds is 7. The summed E-state index contributed by atoms with van der Waals surface area (Å²) >= 11 is 0. The quantitative estimate of drug-likeness (QED) is 0.159. The highest BCUT2D eigenvalue weighted by Crippen LogP contribution is 2.50. The Morgan fingerprint density at radius 1 is 0.298 bits per heavy atom. The van der Waals surface area contributed by atoms with Crippen molar-refractivity contribution >= 4 is 178 Å². The van der Waals surface area contributed by atoms with Crippen LogP contribution in [0.15, 0.2) is 328 Å². The molecule has 524 valence electrons. The minimum atomic E-state index is -0.115. The molecular weight excluding hydrogens is 1390 g/mol. The molecule has 0 bridgehead atoms. The number of aromatic nitrogens is 13. The van der Waals surface area contributed by atoms with E-state index < -0.39 is 0 Å². The number of nitrogens with zero attached hydrogens (tertiary/aromatic N) is 13. The lowest BCUT2D eigenvalue weighted by atomic mass is 9.34. The Morgan fingerprint density at radius 3 is 1.28 bits per heavy atom. The largest absolute Gasteiger partial charge is 0.381 e. The van der Waals surface area contributed by atoms with Gasteiger partial charge in [-0.2, -0.15) is 0 Å². The number of fused-ring (bicyclic) bond motifs is 28. The second-order valence-electron chi connectivity index (χ2n) is 31.1. The number of hydrogen-bond donors (Lipinski definition) is 1. The van der Waals surface area contributed by atoms with Gasteiger partial charge in [-0.1, -0.05) is 158 Å². The van der Waals surface area contributed by atoms with Gasteiger partial charge in [-0.3, -0.25) is 51.5 Å². The van der Waals surface area contributed by atoms with Gasteiger partial charge in [-0.25, -0.2) is 9.97 Å². The predicted molar refractivity (Wildman–Crippen MR) is 464 cm³/mol. The molecule has 0 saturated heterocycles. The molecule has 0 radical (unpaired) electrons. The highest BCUT2D eigenvalue weighted by molar-refractivity contribution is 7.01. The molecule has 18 heterocycles. The van der Waals surface area contributed by atoms with Crippen molar-refractivity contribution in [1.82, 2.24) is 66.8 Å². The summed E-state index contributed by atoms with van der Waals surface area (Å²) < 4.78 is 20.1. The third-order valence-electron chi connectivity index (χ3n) is 25.6. The van der Waals surface area contributed by atoms with Crippen molar-refractivity contribution in [2.45, 2.75) is 6.04 Å². The lowest BCUT2D eigenvalue weighted by Crippen LogP contribution is -2.59. The van der Waals surface area contributed by atoms with Crippen molar-refractivity contribution in [2.75, 3.05) is 0 Å². The van der Waals surface area contributed by atoms with Gasteiger partial charge in [0.25, 0.3) is 13.4 Å². The van der Waals surface area contributed by atoms with Crippen molar-refractivity contribution in [3.8, 4) is 67.9 Å². The Kier molecular flexibility index (Phi) is 11.2. The molecule has 28 rings (SSSR count). The number of benzene rings is 10. The predicted octanol–water partition coefficient (Wildman–Crippen LogP) is 17.2. The zero-order valence-electron chi connectivity index (χ0n) is 60.7. The standard InChI is InChI=1S/C98H56B2N14/c1-4-23-59(24-5-1)107-75-41-20-45-103-87(75)83-65-32-17-37-71-91(65)113(97(83)107)79-52-57(74-40-11-13-44-102-74)53-80-86(79)100(71)72-38-18-33-66-84-88-76(42-21-46-104-88)108(98(84)114(80)92(66)72)62-29-14-22-55(48-62)58-49-68-82-64-31-16-36-70-90(64)112(96(82)110(94(68)106-54-58)61-27-8-3-9-28-61)78-51-56(73-39-10-12-43-101-73)50-77-85(78)99(70)69-35-15-30-63-81-67-34-19-47-105-93(67)109(60-25-6-2-7-26-60)95(81)111(77)89(63)69/h1-54,74,102H. The average Bonchev–Trinajstić information content (AvgIpc) is 1.48. The molecule has 5 aliphatic heterocycles. The third-order valence-corrected chi connectivity index (χ3v) is 25.6. The summed E-state index contributed by atoms with van der Waals surface area (Å²) in [7, 11) is 0. The first-order valence-electron chi connectivity index (χ1n) is 39.1. The molecule has 0 saturated carbocycles. The van der Waals surface area contributed by atoms with Crippen molar-refractivity contribution in [2.24, 2.45) is 0 Å². The Morgan fingerprint density at radius 2 is 0.746 bits per heavy atom. The molecule has 0 fully saturated rings. The zero-order chi connectivity index (χ0) is 73.6. The van der Waals surface area contributed by atoms with Gasteiger partial charge in [0, 0.05) is 131 Å². The number of dihydropyridines is 1. The maximum Gasteiger partial charge on any atom is 0.252 e. The molecule has 1 unspecified atom stereocenters. The molecule has 14 nitrogen and oxygen atoms in total. The van der Waals surface area contributed by atoms with Crippen LogP contribution >= 0.6 is 0 Å². The summed E-state index contributed by atoms with van der Waals surface area (Å²) in [6.07, 6.45) is 18.4. The van der Waals surface area contributed by atoms with Crippen LogP contribution in [0.3, 0.4) is 0 Å². The summed E-state index contributed by atoms with van der Waals surface area (Å²) in [6.45, 7) is -0.212. The molecule has 13 aromatic heterocycles. The Bertz CT molecular complexity index is 8410. The van der Waals surface area contributed by atoms with Crippen LogP contribution in [0.2, 0.25) is 0 Å². The van der Waals surface area contributed by atoms with Crippen LogP contribution in [0.5, 0.6) is 0 Å². The molecule has 23 aromatic rings. The Balaban J connectivity index is 0.690. The maximum absolute atomic E-state index is 5.72. The lowest BCUT2D eigenvalue weighted by molar-refractivity contribution is 0.745. The van der Waals surface area contributed by atoms with Crippen molar-refractivity contribution in [3.05, 3.63) is 334 Å². The van der Waals surface area contributed by atoms with E-state index >= 15 is 0 Å². The molecule has 114 heavy (non-hydrogen) atoms. The lowest BCUT2D eigenvalue weighted by Gasteiger charge is -2.35. The second-order valence-corrected chi connectivity index (χ2v) is 31.1. The molecule has 10 aromatic carbocycles. The van der Waals surface area contributed by atoms with Gasteiger partial charge in [-0.15, -0.1) is 0 Å². The van der Waals surface area contributed by atoms with Crippen LogP contribution in [-0.4, -0.2) is 74.9 Å². The number of para-hydroxylation sites is 7. The van der Waals surface area contributed by atoms with E-state index in [0.29, 0.717) is 0 Å². The van der Waals surface area contributed by atoms with Gasteiger partial charge in [0.05, 0.1) is 66.6 Å². The minimum Gasteiger partial charge on any atom is -0.381 e. The van der Waals surface area contributed by atoms with E-state index in [1.54, 1.807) is 0 Å². The third kappa shape index (κ3) is 7.29. The summed E-state index contributed by atoms with van der Waals surface area (Å²) in [5.74, 6) is 0. The van der Waals surface area contributed by atoms with E-state index in [9.17, 15) is 0 Å². The second kappa shape index (κ2) is 21.4. The van der Waals surface area contributed by atoms with Gasteiger partial charge >= 0.3 is 0 Å². The first-order chi connectivity index (χ1) is 56.7. The van der Waals surface area contributed by atoms with Gasteiger partial charge in [0.1, 0.15) is 33.9 Å². The Hall–Kier alpha value is -15.3. The van der Waals surface area contributed by atoms with Crippen molar-refractivity contribution < 1.29 is 0 Å². The van der Waals surface area contributed by atoms with Crippen molar-refractivity contribution in [3.63, 3.8) is 0 Å². The van der Waals surface area contributed by atoms with Crippen molar-refractivity contribution in [1.29, 1.82) is 0 Å². The fourth-order valence-corrected chi connectivity index (χ4v) is 21.5. The van der Waals surface area contributed by atoms with Gasteiger partial charge in [0.15, 0.2) is 0 Å². The summed E-state index contributed by atoms with van der Waals surface area (Å²) in [6, 6.07) is 101. The molecule has 0 amide bonds. The van der Waals surface area contributed by atoms with E-state index in [1.165, 1.54) is 81.8 Å². The first-order valence-corrected chi connectivity index (χ1v) is 39.1. The highest BCUT2D eigenvalue weighted by Gasteiger charge is 2.46. The molecule has 0 spiro atoms. The van der Waals surface area contributed by atoms with Crippen LogP contribution in [0.25, 0.3) is 200 Å². The van der Waals surface area contributed by atoms with Gasteiger partial charge in [-0.05, 0) is 184 Å². The summed E-state index contributed by atoms with van der Waals surface area (Å²) in [5, 5.41) is 15.3. The van der Waals surface area contributed by atoms with E-state index in [4.69, 9.17) is 24.9 Å². The summed E-state index contributed by atoms with van der Waals surface area (Å²) in [5.41, 5.74) is 36.3. The number of nitrogens with one attached hydrogen (secondary N) is 1. The molecule has 16 heteroatoms. The van der Waals surface area contributed by atoms with Crippen LogP contribution in [0, 0.1) is 0 Å².